The molecule has 0 saturated carbocycles. The van der Waals surface area contributed by atoms with E-state index < -0.39 is 0 Å². The number of morpholine rings is 1. The third kappa shape index (κ3) is 1.61. The van der Waals surface area contributed by atoms with E-state index in [1.54, 1.807) is 6.92 Å². The zero-order chi connectivity index (χ0) is 9.14. The summed E-state index contributed by atoms with van der Waals surface area (Å²) in [6, 6.07) is 0.391. The Hall–Kier alpha value is -0.570. The summed E-state index contributed by atoms with van der Waals surface area (Å²) in [6.07, 6.45) is 1.40. The summed E-state index contributed by atoms with van der Waals surface area (Å²) in [5.41, 5.74) is 0. The maximum absolute atomic E-state index is 10.9. The van der Waals surface area contributed by atoms with Gasteiger partial charge in [0, 0.05) is 13.5 Å². The van der Waals surface area contributed by atoms with Gasteiger partial charge < -0.3 is 9.64 Å². The zero-order valence-corrected chi connectivity index (χ0v) is 8.04. The van der Waals surface area contributed by atoms with Gasteiger partial charge in [0.15, 0.2) is 0 Å². The number of carbonyl (C=O) groups excluding carboxylic acids is 1. The van der Waals surface area contributed by atoms with Crippen LogP contribution in [0.15, 0.2) is 0 Å². The SMILES string of the molecule is CC.CC(=O)N1CC2CC1CO2. The van der Waals surface area contributed by atoms with Crippen molar-refractivity contribution in [1.82, 2.24) is 4.90 Å². The fourth-order valence-electron chi connectivity index (χ4n) is 1.79. The molecule has 0 aliphatic carbocycles. The van der Waals surface area contributed by atoms with Gasteiger partial charge >= 0.3 is 0 Å². The van der Waals surface area contributed by atoms with Crippen molar-refractivity contribution in [1.29, 1.82) is 0 Å². The first-order chi connectivity index (χ1) is 5.77. The van der Waals surface area contributed by atoms with E-state index >= 15 is 0 Å². The average molecular weight is 171 g/mol. The van der Waals surface area contributed by atoms with Crippen molar-refractivity contribution >= 4 is 5.91 Å². The molecule has 70 valence electrons. The maximum atomic E-state index is 10.9. The van der Waals surface area contributed by atoms with Crippen molar-refractivity contribution in [3.05, 3.63) is 0 Å². The normalized spacial score (nSPS) is 31.4. The lowest BCUT2D eigenvalue weighted by molar-refractivity contribution is -0.133. The topological polar surface area (TPSA) is 29.5 Å². The highest BCUT2D eigenvalue weighted by Gasteiger charge is 2.39. The quantitative estimate of drug-likeness (QED) is 0.545. The number of ether oxygens (including phenoxy) is 1. The second-order valence-corrected chi connectivity index (χ2v) is 3.02. The number of carbonyl (C=O) groups is 1. The highest BCUT2D eigenvalue weighted by Crippen LogP contribution is 2.27. The summed E-state index contributed by atoms with van der Waals surface area (Å²) in [5.74, 6) is 0.191. The van der Waals surface area contributed by atoms with E-state index in [0.717, 1.165) is 19.6 Å². The van der Waals surface area contributed by atoms with Crippen LogP contribution >= 0.6 is 0 Å². The van der Waals surface area contributed by atoms with Crippen molar-refractivity contribution in [2.45, 2.75) is 39.3 Å². The van der Waals surface area contributed by atoms with Gasteiger partial charge in [-0.3, -0.25) is 4.79 Å². The molecule has 0 spiro atoms. The Balaban J connectivity index is 0.000000336. The largest absolute Gasteiger partial charge is 0.374 e. The molecule has 2 fully saturated rings. The van der Waals surface area contributed by atoms with E-state index in [0.29, 0.717) is 12.1 Å². The van der Waals surface area contributed by atoms with Crippen LogP contribution in [0.5, 0.6) is 0 Å². The summed E-state index contributed by atoms with van der Waals surface area (Å²) in [6.45, 7) is 7.20. The molecule has 1 amide bonds. The summed E-state index contributed by atoms with van der Waals surface area (Å²) in [7, 11) is 0. The van der Waals surface area contributed by atoms with E-state index in [1.165, 1.54) is 0 Å². The molecule has 0 radical (unpaired) electrons. The lowest BCUT2D eigenvalue weighted by Gasteiger charge is -2.25. The number of hydrogen-bond donors (Lipinski definition) is 0. The first kappa shape index (κ1) is 9.52. The highest BCUT2D eigenvalue weighted by molar-refractivity contribution is 5.74. The van der Waals surface area contributed by atoms with Crippen molar-refractivity contribution in [3.8, 4) is 0 Å². The minimum atomic E-state index is 0.191. The summed E-state index contributed by atoms with van der Waals surface area (Å²) >= 11 is 0. The molecule has 2 rings (SSSR count). The van der Waals surface area contributed by atoms with Gasteiger partial charge in [-0.05, 0) is 6.42 Å². The maximum Gasteiger partial charge on any atom is 0.219 e. The molecule has 0 N–H and O–H groups in total. The Kier molecular flexibility index (Phi) is 3.09. The molecule has 0 aromatic heterocycles. The number of amides is 1. The number of likely N-dealkylation sites (tertiary alicyclic amines) is 1. The molecule has 3 heteroatoms. The minimum absolute atomic E-state index is 0.191. The lowest BCUT2D eigenvalue weighted by atomic mass is 10.2. The van der Waals surface area contributed by atoms with Crippen LogP contribution in [0.25, 0.3) is 0 Å². The number of fused-ring (bicyclic) bond motifs is 2. The third-order valence-corrected chi connectivity index (χ3v) is 2.30. The van der Waals surface area contributed by atoms with Crippen LogP contribution in [0.2, 0.25) is 0 Å². The lowest BCUT2D eigenvalue weighted by Crippen LogP contribution is -2.39. The first-order valence-electron chi connectivity index (χ1n) is 4.66. The molecule has 2 bridgehead atoms. The van der Waals surface area contributed by atoms with E-state index in [1.807, 2.05) is 18.7 Å². The van der Waals surface area contributed by atoms with Gasteiger partial charge in [0.1, 0.15) is 0 Å². The van der Waals surface area contributed by atoms with Crippen LogP contribution in [0.1, 0.15) is 27.2 Å². The van der Waals surface area contributed by atoms with E-state index in [4.69, 9.17) is 4.74 Å². The van der Waals surface area contributed by atoms with E-state index in [9.17, 15) is 4.79 Å². The van der Waals surface area contributed by atoms with Crippen LogP contribution in [-0.4, -0.2) is 36.1 Å². The summed E-state index contributed by atoms with van der Waals surface area (Å²) in [4.78, 5) is 12.8. The van der Waals surface area contributed by atoms with Crippen LogP contribution in [0.3, 0.4) is 0 Å². The fraction of sp³-hybridized carbons (Fsp3) is 0.889. The van der Waals surface area contributed by atoms with Gasteiger partial charge in [-0.15, -0.1) is 0 Å². The van der Waals surface area contributed by atoms with Gasteiger partial charge in [0.05, 0.1) is 18.8 Å². The molecule has 2 atom stereocenters. The van der Waals surface area contributed by atoms with E-state index in [2.05, 4.69) is 0 Å². The Morgan fingerprint density at radius 2 is 2.17 bits per heavy atom. The Bertz CT molecular complexity index is 170. The predicted molar refractivity (Wildman–Crippen MR) is 46.9 cm³/mol. The monoisotopic (exact) mass is 171 g/mol. The number of nitrogens with zero attached hydrogens (tertiary/aromatic N) is 1. The van der Waals surface area contributed by atoms with E-state index in [-0.39, 0.29) is 5.91 Å². The molecule has 2 aliphatic heterocycles. The third-order valence-electron chi connectivity index (χ3n) is 2.30. The average Bonchev–Trinajstić information content (AvgIpc) is 2.67. The molecular weight excluding hydrogens is 154 g/mol. The van der Waals surface area contributed by atoms with Gasteiger partial charge in [-0.25, -0.2) is 0 Å². The molecule has 2 aliphatic rings. The van der Waals surface area contributed by atoms with Crippen molar-refractivity contribution in [3.63, 3.8) is 0 Å². The second-order valence-electron chi connectivity index (χ2n) is 3.02. The zero-order valence-electron chi connectivity index (χ0n) is 8.04. The second kappa shape index (κ2) is 3.90. The van der Waals surface area contributed by atoms with Crippen molar-refractivity contribution < 1.29 is 9.53 Å². The molecule has 2 unspecified atom stereocenters. The minimum Gasteiger partial charge on any atom is -0.374 e. The molecule has 2 saturated heterocycles. The predicted octanol–water partition coefficient (Wildman–Crippen LogP) is 1.03. The van der Waals surface area contributed by atoms with Crippen LogP contribution < -0.4 is 0 Å². The van der Waals surface area contributed by atoms with Gasteiger partial charge in [0.2, 0.25) is 5.91 Å². The molecule has 2 heterocycles. The van der Waals surface area contributed by atoms with Crippen molar-refractivity contribution in [2.75, 3.05) is 13.2 Å². The van der Waals surface area contributed by atoms with Crippen LogP contribution in [0.4, 0.5) is 0 Å². The molecule has 0 aromatic rings. The summed E-state index contributed by atoms with van der Waals surface area (Å²) < 4.78 is 5.34. The fourth-order valence-corrected chi connectivity index (χ4v) is 1.79. The summed E-state index contributed by atoms with van der Waals surface area (Å²) in [5, 5.41) is 0. The van der Waals surface area contributed by atoms with Crippen molar-refractivity contribution in [2.24, 2.45) is 0 Å². The van der Waals surface area contributed by atoms with Crippen LogP contribution in [-0.2, 0) is 9.53 Å². The van der Waals surface area contributed by atoms with Gasteiger partial charge in [-0.1, -0.05) is 13.8 Å². The Labute approximate surface area is 73.7 Å². The Morgan fingerprint density at radius 3 is 2.42 bits per heavy atom. The van der Waals surface area contributed by atoms with Gasteiger partial charge in [-0.2, -0.15) is 0 Å². The Morgan fingerprint density at radius 1 is 1.50 bits per heavy atom. The number of rotatable bonds is 0. The first-order valence-corrected chi connectivity index (χ1v) is 4.66. The molecular formula is C9H17NO2. The molecule has 3 nitrogen and oxygen atoms in total. The smallest absolute Gasteiger partial charge is 0.219 e. The highest BCUT2D eigenvalue weighted by atomic mass is 16.5. The van der Waals surface area contributed by atoms with Gasteiger partial charge in [0.25, 0.3) is 0 Å². The van der Waals surface area contributed by atoms with Crippen LogP contribution in [0, 0.1) is 0 Å². The molecule has 12 heavy (non-hydrogen) atoms. The molecule has 0 aromatic carbocycles. The standard InChI is InChI=1S/C7H11NO2.C2H6/c1-5(9)8-3-7-2-6(8)4-10-7;1-2/h6-7H,2-4H2,1H3;1-2H3. The number of hydrogen-bond acceptors (Lipinski definition) is 2.